The van der Waals surface area contributed by atoms with E-state index in [1.165, 1.54) is 11.3 Å². The SMILES string of the molecule is N[C@@H]1C[C@H]1c1cc(C(=O)O)cs1. The number of carboxylic acids is 1. The van der Waals surface area contributed by atoms with E-state index in [0.717, 1.165) is 11.3 Å². The van der Waals surface area contributed by atoms with Gasteiger partial charge in [-0.3, -0.25) is 0 Å². The van der Waals surface area contributed by atoms with Gasteiger partial charge in [0.1, 0.15) is 0 Å². The molecule has 4 heteroatoms. The van der Waals surface area contributed by atoms with E-state index in [1.54, 1.807) is 11.4 Å². The van der Waals surface area contributed by atoms with E-state index in [2.05, 4.69) is 0 Å². The van der Waals surface area contributed by atoms with E-state index < -0.39 is 5.97 Å². The highest BCUT2D eigenvalue weighted by Crippen LogP contribution is 2.41. The average Bonchev–Trinajstić information content (AvgIpc) is 2.59. The minimum atomic E-state index is -0.855. The van der Waals surface area contributed by atoms with Crippen molar-refractivity contribution in [2.45, 2.75) is 18.4 Å². The molecule has 0 saturated heterocycles. The Kier molecular flexibility index (Phi) is 1.66. The van der Waals surface area contributed by atoms with E-state index in [0.29, 0.717) is 11.5 Å². The average molecular weight is 183 g/mol. The van der Waals surface area contributed by atoms with Crippen LogP contribution in [0.5, 0.6) is 0 Å². The molecule has 1 aliphatic carbocycles. The fourth-order valence-corrected chi connectivity index (χ4v) is 2.27. The molecule has 1 heterocycles. The lowest BCUT2D eigenvalue weighted by molar-refractivity contribution is 0.0697. The maximum atomic E-state index is 10.5. The van der Waals surface area contributed by atoms with Gasteiger partial charge < -0.3 is 10.8 Å². The number of aromatic carboxylic acids is 1. The quantitative estimate of drug-likeness (QED) is 0.725. The Morgan fingerprint density at radius 3 is 2.83 bits per heavy atom. The molecule has 1 aromatic heterocycles. The van der Waals surface area contributed by atoms with Crippen LogP contribution in [-0.2, 0) is 0 Å². The molecule has 0 spiro atoms. The minimum Gasteiger partial charge on any atom is -0.478 e. The summed E-state index contributed by atoms with van der Waals surface area (Å²) in [7, 11) is 0. The second-order valence-electron chi connectivity index (χ2n) is 3.05. The molecule has 2 rings (SSSR count). The Hall–Kier alpha value is -0.870. The summed E-state index contributed by atoms with van der Waals surface area (Å²) in [4.78, 5) is 11.6. The number of hydrogen-bond acceptors (Lipinski definition) is 3. The van der Waals surface area contributed by atoms with Crippen LogP contribution in [-0.4, -0.2) is 17.1 Å². The summed E-state index contributed by atoms with van der Waals surface area (Å²) in [6.07, 6.45) is 1.000. The van der Waals surface area contributed by atoms with Crippen LogP contribution in [0.15, 0.2) is 11.4 Å². The number of nitrogens with two attached hydrogens (primary N) is 1. The van der Waals surface area contributed by atoms with Crippen molar-refractivity contribution >= 4 is 17.3 Å². The van der Waals surface area contributed by atoms with E-state index in [1.807, 2.05) is 0 Å². The summed E-state index contributed by atoms with van der Waals surface area (Å²) in [5.41, 5.74) is 6.03. The molecular formula is C8H9NO2S. The van der Waals surface area contributed by atoms with Crippen molar-refractivity contribution in [2.75, 3.05) is 0 Å². The van der Waals surface area contributed by atoms with Crippen LogP contribution in [0.2, 0.25) is 0 Å². The first-order valence-corrected chi connectivity index (χ1v) is 4.64. The third-order valence-electron chi connectivity index (χ3n) is 2.07. The van der Waals surface area contributed by atoms with E-state index in [-0.39, 0.29) is 6.04 Å². The topological polar surface area (TPSA) is 63.3 Å². The number of carbonyl (C=O) groups is 1. The van der Waals surface area contributed by atoms with Crippen molar-refractivity contribution in [1.82, 2.24) is 0 Å². The monoisotopic (exact) mass is 183 g/mol. The third-order valence-corrected chi connectivity index (χ3v) is 3.14. The van der Waals surface area contributed by atoms with Gasteiger partial charge in [-0.25, -0.2) is 4.79 Å². The predicted molar refractivity (Wildman–Crippen MR) is 46.6 cm³/mol. The molecule has 0 aliphatic heterocycles. The molecule has 1 aromatic rings. The zero-order valence-electron chi connectivity index (χ0n) is 6.36. The van der Waals surface area contributed by atoms with E-state index in [4.69, 9.17) is 10.8 Å². The summed E-state index contributed by atoms with van der Waals surface area (Å²) in [6, 6.07) is 1.98. The Morgan fingerprint density at radius 2 is 2.42 bits per heavy atom. The Labute approximate surface area is 73.8 Å². The standard InChI is InChI=1S/C8H9NO2S/c9-6-2-5(6)7-1-4(3-12-7)8(10)11/h1,3,5-6H,2,9H2,(H,10,11)/t5-,6-/m1/s1. The summed E-state index contributed by atoms with van der Waals surface area (Å²) < 4.78 is 0. The van der Waals surface area contributed by atoms with Gasteiger partial charge in [0, 0.05) is 22.2 Å². The summed E-state index contributed by atoms with van der Waals surface area (Å²) in [5.74, 6) is -0.435. The molecule has 0 radical (unpaired) electrons. The first-order chi connectivity index (χ1) is 5.68. The van der Waals surface area contributed by atoms with Crippen LogP contribution in [0, 0.1) is 0 Å². The van der Waals surface area contributed by atoms with Gasteiger partial charge in [-0.1, -0.05) is 0 Å². The highest BCUT2D eigenvalue weighted by molar-refractivity contribution is 7.10. The van der Waals surface area contributed by atoms with Gasteiger partial charge in [-0.05, 0) is 12.5 Å². The van der Waals surface area contributed by atoms with Crippen LogP contribution in [0.4, 0.5) is 0 Å². The van der Waals surface area contributed by atoms with Crippen molar-refractivity contribution in [3.05, 3.63) is 21.9 Å². The van der Waals surface area contributed by atoms with Crippen LogP contribution >= 0.6 is 11.3 Å². The second kappa shape index (κ2) is 2.57. The molecule has 3 N–H and O–H groups in total. The molecule has 0 amide bonds. The van der Waals surface area contributed by atoms with E-state index >= 15 is 0 Å². The van der Waals surface area contributed by atoms with Crippen LogP contribution in [0.25, 0.3) is 0 Å². The number of carboxylic acid groups (broad SMARTS) is 1. The van der Waals surface area contributed by atoms with Gasteiger partial charge in [0.05, 0.1) is 5.56 Å². The maximum Gasteiger partial charge on any atom is 0.336 e. The smallest absolute Gasteiger partial charge is 0.336 e. The Bertz CT molecular complexity index is 321. The maximum absolute atomic E-state index is 10.5. The lowest BCUT2D eigenvalue weighted by Gasteiger charge is -1.87. The van der Waals surface area contributed by atoms with Gasteiger partial charge >= 0.3 is 5.97 Å². The van der Waals surface area contributed by atoms with Crippen molar-refractivity contribution in [3.63, 3.8) is 0 Å². The van der Waals surface area contributed by atoms with Gasteiger partial charge in [0.2, 0.25) is 0 Å². The molecule has 1 aliphatic rings. The molecule has 1 fully saturated rings. The summed E-state index contributed by atoms with van der Waals surface area (Å²) in [6.45, 7) is 0. The highest BCUT2D eigenvalue weighted by atomic mass is 32.1. The summed E-state index contributed by atoms with van der Waals surface area (Å²) >= 11 is 1.49. The van der Waals surface area contributed by atoms with Crippen LogP contribution in [0.1, 0.15) is 27.6 Å². The van der Waals surface area contributed by atoms with Crippen molar-refractivity contribution in [1.29, 1.82) is 0 Å². The van der Waals surface area contributed by atoms with Crippen molar-refractivity contribution < 1.29 is 9.90 Å². The lowest BCUT2D eigenvalue weighted by atomic mass is 10.2. The molecule has 0 bridgehead atoms. The zero-order chi connectivity index (χ0) is 8.72. The molecule has 64 valence electrons. The number of hydrogen-bond donors (Lipinski definition) is 2. The number of rotatable bonds is 2. The molecule has 1 saturated carbocycles. The predicted octanol–water partition coefficient (Wildman–Crippen LogP) is 1.26. The van der Waals surface area contributed by atoms with Crippen molar-refractivity contribution in [3.8, 4) is 0 Å². The lowest BCUT2D eigenvalue weighted by Crippen LogP contribution is -2.00. The molecule has 2 atom stereocenters. The minimum absolute atomic E-state index is 0.255. The fourth-order valence-electron chi connectivity index (χ4n) is 1.20. The zero-order valence-corrected chi connectivity index (χ0v) is 7.17. The van der Waals surface area contributed by atoms with Crippen LogP contribution in [0.3, 0.4) is 0 Å². The highest BCUT2D eigenvalue weighted by Gasteiger charge is 2.36. The fraction of sp³-hybridized carbons (Fsp3) is 0.375. The largest absolute Gasteiger partial charge is 0.478 e. The van der Waals surface area contributed by atoms with Crippen LogP contribution < -0.4 is 5.73 Å². The molecular weight excluding hydrogens is 174 g/mol. The van der Waals surface area contributed by atoms with Crippen molar-refractivity contribution in [2.24, 2.45) is 5.73 Å². The normalized spacial score (nSPS) is 27.1. The molecule has 12 heavy (non-hydrogen) atoms. The number of thiophene rings is 1. The Morgan fingerprint density at radius 1 is 1.75 bits per heavy atom. The molecule has 0 aromatic carbocycles. The van der Waals surface area contributed by atoms with Gasteiger partial charge in [0.15, 0.2) is 0 Å². The molecule has 3 nitrogen and oxygen atoms in total. The first-order valence-electron chi connectivity index (χ1n) is 3.76. The van der Waals surface area contributed by atoms with Gasteiger partial charge in [0.25, 0.3) is 0 Å². The second-order valence-corrected chi connectivity index (χ2v) is 3.99. The van der Waals surface area contributed by atoms with E-state index in [9.17, 15) is 4.79 Å². The summed E-state index contributed by atoms with van der Waals surface area (Å²) in [5, 5.41) is 10.3. The Balaban J connectivity index is 2.19. The molecule has 0 unspecified atom stereocenters. The first kappa shape index (κ1) is 7.76. The van der Waals surface area contributed by atoms with Gasteiger partial charge in [-0.15, -0.1) is 11.3 Å². The van der Waals surface area contributed by atoms with Gasteiger partial charge in [-0.2, -0.15) is 0 Å². The third kappa shape index (κ3) is 1.23.